The summed E-state index contributed by atoms with van der Waals surface area (Å²) < 4.78 is 13.3. The van der Waals surface area contributed by atoms with Crippen LogP contribution in [0.15, 0.2) is 24.3 Å². The largest absolute Gasteiger partial charge is 0.371 e. The Bertz CT molecular complexity index is 375. The van der Waals surface area contributed by atoms with Crippen LogP contribution in [0.5, 0.6) is 0 Å². The van der Waals surface area contributed by atoms with E-state index < -0.39 is 0 Å². The molecule has 0 saturated heterocycles. The summed E-state index contributed by atoms with van der Waals surface area (Å²) in [5.41, 5.74) is 2.44. The van der Waals surface area contributed by atoms with Gasteiger partial charge in [-0.2, -0.15) is 0 Å². The van der Waals surface area contributed by atoms with Gasteiger partial charge in [-0.3, -0.25) is 0 Å². The highest BCUT2D eigenvalue weighted by Gasteiger charge is 2.07. The first kappa shape index (κ1) is 19.1. The van der Waals surface area contributed by atoms with Gasteiger partial charge in [-0.05, 0) is 11.1 Å². The number of ether oxygens (including phenoxy) is 2. The first-order valence-corrected chi connectivity index (χ1v) is 8.00. The minimum absolute atomic E-state index is 0.683. The molecule has 0 fully saturated rings. The third-order valence-corrected chi connectivity index (χ3v) is 3.37. The summed E-state index contributed by atoms with van der Waals surface area (Å²) >= 11 is 0. The van der Waals surface area contributed by atoms with Gasteiger partial charge in [-0.25, -0.2) is 0 Å². The highest BCUT2D eigenvalue weighted by atomic mass is 16.5. The van der Waals surface area contributed by atoms with Gasteiger partial charge in [0.05, 0.1) is 68.7 Å². The quantitative estimate of drug-likeness (QED) is 0.487. The second-order valence-corrected chi connectivity index (χ2v) is 7.95. The topological polar surface area (TPSA) is 18.5 Å². The van der Waals surface area contributed by atoms with Crippen molar-refractivity contribution in [1.82, 2.24) is 0 Å². The lowest BCUT2D eigenvalue weighted by Gasteiger charge is -2.23. The van der Waals surface area contributed by atoms with Crippen LogP contribution < -0.4 is 0 Å². The molecule has 1 aromatic carbocycles. The number of rotatable bonds is 10. The molecule has 0 heterocycles. The molecule has 0 unspecified atom stereocenters. The van der Waals surface area contributed by atoms with Crippen LogP contribution in [0.4, 0.5) is 0 Å². The minimum atomic E-state index is 0.683. The molecule has 0 aliphatic heterocycles. The SMILES string of the molecule is C[N+](C)(C)CCOCc1ccc(COCC[N+](C)(C)C)cc1. The lowest BCUT2D eigenvalue weighted by molar-refractivity contribution is -0.870. The lowest BCUT2D eigenvalue weighted by atomic mass is 10.1. The van der Waals surface area contributed by atoms with E-state index in [-0.39, 0.29) is 0 Å². The van der Waals surface area contributed by atoms with Gasteiger partial charge >= 0.3 is 0 Å². The highest BCUT2D eigenvalue weighted by molar-refractivity contribution is 5.21. The molecule has 1 aromatic rings. The van der Waals surface area contributed by atoms with Gasteiger partial charge in [0, 0.05) is 0 Å². The zero-order valence-electron chi connectivity index (χ0n) is 15.3. The summed E-state index contributed by atoms with van der Waals surface area (Å²) in [6.45, 7) is 5.00. The average molecular weight is 310 g/mol. The summed E-state index contributed by atoms with van der Waals surface area (Å²) in [4.78, 5) is 0. The molecule has 0 aliphatic rings. The Hall–Kier alpha value is -0.940. The van der Waals surface area contributed by atoms with Crippen molar-refractivity contribution in [2.24, 2.45) is 0 Å². The number of benzene rings is 1. The van der Waals surface area contributed by atoms with Crippen molar-refractivity contribution in [2.45, 2.75) is 13.2 Å². The van der Waals surface area contributed by atoms with E-state index in [0.29, 0.717) is 13.2 Å². The molecular weight excluding hydrogens is 276 g/mol. The smallest absolute Gasteiger partial charge is 0.102 e. The number of nitrogens with zero attached hydrogens (tertiary/aromatic N) is 2. The monoisotopic (exact) mass is 310 g/mol. The summed E-state index contributed by atoms with van der Waals surface area (Å²) in [6, 6.07) is 8.52. The van der Waals surface area contributed by atoms with E-state index in [1.165, 1.54) is 11.1 Å². The Balaban J connectivity index is 2.22. The molecule has 126 valence electrons. The predicted octanol–water partition coefficient (Wildman–Crippen LogP) is 2.13. The molecule has 1 rings (SSSR count). The van der Waals surface area contributed by atoms with Crippen molar-refractivity contribution in [3.8, 4) is 0 Å². The fourth-order valence-corrected chi connectivity index (χ4v) is 1.79. The second kappa shape index (κ2) is 8.63. The van der Waals surface area contributed by atoms with Gasteiger partial charge < -0.3 is 18.4 Å². The molecular formula is C18H34N2O2+2. The molecule has 0 aromatic heterocycles. The maximum Gasteiger partial charge on any atom is 0.102 e. The number of quaternary nitrogens is 2. The average Bonchev–Trinajstić information content (AvgIpc) is 2.39. The fraction of sp³-hybridized carbons (Fsp3) is 0.667. The van der Waals surface area contributed by atoms with E-state index in [2.05, 4.69) is 66.6 Å². The van der Waals surface area contributed by atoms with Crippen LogP contribution in [0.3, 0.4) is 0 Å². The summed E-state index contributed by atoms with van der Waals surface area (Å²) in [6.07, 6.45) is 0. The first-order valence-electron chi connectivity index (χ1n) is 8.00. The van der Waals surface area contributed by atoms with E-state index in [1.54, 1.807) is 0 Å². The van der Waals surface area contributed by atoms with Gasteiger partial charge in [-0.15, -0.1) is 0 Å². The van der Waals surface area contributed by atoms with E-state index in [1.807, 2.05) is 0 Å². The van der Waals surface area contributed by atoms with Crippen molar-refractivity contribution < 1.29 is 18.4 Å². The molecule has 0 radical (unpaired) electrons. The molecule has 22 heavy (non-hydrogen) atoms. The van der Waals surface area contributed by atoms with Crippen LogP contribution in [0, 0.1) is 0 Å². The number of likely N-dealkylation sites (N-methyl/N-ethyl adjacent to an activating group) is 2. The third-order valence-electron chi connectivity index (χ3n) is 3.37. The van der Waals surface area contributed by atoms with Gasteiger partial charge in [-0.1, -0.05) is 24.3 Å². The summed E-state index contributed by atoms with van der Waals surface area (Å²) in [5.74, 6) is 0. The van der Waals surface area contributed by atoms with Crippen LogP contribution in [0.2, 0.25) is 0 Å². The van der Waals surface area contributed by atoms with Gasteiger partial charge in [0.1, 0.15) is 13.1 Å². The molecule has 0 N–H and O–H groups in total. The van der Waals surface area contributed by atoms with E-state index in [0.717, 1.165) is 35.3 Å². The molecule has 0 atom stereocenters. The summed E-state index contributed by atoms with van der Waals surface area (Å²) in [5, 5.41) is 0. The first-order chi connectivity index (χ1) is 10.2. The molecule has 0 bridgehead atoms. The normalized spacial score (nSPS) is 12.6. The van der Waals surface area contributed by atoms with Gasteiger partial charge in [0.15, 0.2) is 0 Å². The predicted molar refractivity (Wildman–Crippen MR) is 91.6 cm³/mol. The zero-order valence-corrected chi connectivity index (χ0v) is 15.3. The Kier molecular flexibility index (Phi) is 7.49. The Morgan fingerprint density at radius 1 is 0.636 bits per heavy atom. The molecule has 0 saturated carbocycles. The Morgan fingerprint density at radius 3 is 1.23 bits per heavy atom. The highest BCUT2D eigenvalue weighted by Crippen LogP contribution is 2.07. The van der Waals surface area contributed by atoms with Gasteiger partial charge in [0.2, 0.25) is 0 Å². The fourth-order valence-electron chi connectivity index (χ4n) is 1.79. The second-order valence-electron chi connectivity index (χ2n) is 7.95. The molecule has 0 spiro atoms. The number of hydrogen-bond donors (Lipinski definition) is 0. The molecule has 4 nitrogen and oxygen atoms in total. The van der Waals surface area contributed by atoms with Crippen LogP contribution in [0.25, 0.3) is 0 Å². The van der Waals surface area contributed by atoms with E-state index in [4.69, 9.17) is 9.47 Å². The lowest BCUT2D eigenvalue weighted by Crippen LogP contribution is -2.37. The zero-order chi connectivity index (χ0) is 16.6. The van der Waals surface area contributed by atoms with E-state index in [9.17, 15) is 0 Å². The maximum atomic E-state index is 5.72. The maximum absolute atomic E-state index is 5.72. The number of hydrogen-bond acceptors (Lipinski definition) is 2. The van der Waals surface area contributed by atoms with Crippen LogP contribution in [-0.4, -0.2) is 77.6 Å². The Morgan fingerprint density at radius 2 is 0.955 bits per heavy atom. The van der Waals surface area contributed by atoms with Crippen molar-refractivity contribution in [2.75, 3.05) is 68.6 Å². The van der Waals surface area contributed by atoms with Gasteiger partial charge in [0.25, 0.3) is 0 Å². The molecule has 0 aliphatic carbocycles. The molecule has 0 amide bonds. The minimum Gasteiger partial charge on any atom is -0.371 e. The van der Waals surface area contributed by atoms with Crippen LogP contribution in [-0.2, 0) is 22.7 Å². The van der Waals surface area contributed by atoms with Crippen molar-refractivity contribution >= 4 is 0 Å². The Labute approximate surface area is 136 Å². The van der Waals surface area contributed by atoms with Crippen molar-refractivity contribution in [1.29, 1.82) is 0 Å². The standard InChI is InChI=1S/C18H34N2O2/c1-19(2,3)11-13-21-15-17-7-9-18(10-8-17)16-22-14-12-20(4,5)6/h7-10H,11-16H2,1-6H3/q+2. The summed E-state index contributed by atoms with van der Waals surface area (Å²) in [7, 11) is 13.1. The van der Waals surface area contributed by atoms with Crippen LogP contribution >= 0.6 is 0 Å². The van der Waals surface area contributed by atoms with Crippen molar-refractivity contribution in [3.63, 3.8) is 0 Å². The third kappa shape index (κ3) is 9.90. The van der Waals surface area contributed by atoms with Crippen molar-refractivity contribution in [3.05, 3.63) is 35.4 Å². The molecule has 4 heteroatoms. The van der Waals surface area contributed by atoms with Crippen LogP contribution in [0.1, 0.15) is 11.1 Å². The van der Waals surface area contributed by atoms with E-state index >= 15 is 0 Å².